The molecular weight excluding hydrogens is 460 g/mol. The number of thiocarbonyl (C=S) groups is 1. The Hall–Kier alpha value is -3.32. The summed E-state index contributed by atoms with van der Waals surface area (Å²) in [6.07, 6.45) is -4.22. The third kappa shape index (κ3) is 4.46. The number of nitriles is 1. The normalized spacial score (nSPS) is 17.8. The molecule has 1 fully saturated rings. The minimum Gasteiger partial charge on any atom is -0.478 e. The number of carbonyl (C=O) groups excluding carboxylic acids is 1. The van der Waals surface area contributed by atoms with Crippen molar-refractivity contribution in [3.05, 3.63) is 64.5 Å². The average molecular weight is 478 g/mol. The number of carbonyl (C=O) groups is 2. The molecule has 3 rings (SSSR count). The number of alkyl halides is 3. The fourth-order valence-electron chi connectivity index (χ4n) is 3.93. The zero-order chi connectivity index (χ0) is 24.7. The van der Waals surface area contributed by atoms with Gasteiger partial charge in [-0.1, -0.05) is 32.1 Å². The lowest BCUT2D eigenvalue weighted by Gasteiger charge is -2.22. The average Bonchev–Trinajstić information content (AvgIpc) is 2.89. The topological polar surface area (TPSA) is 81.4 Å². The second-order valence-electron chi connectivity index (χ2n) is 8.25. The second kappa shape index (κ2) is 8.56. The fraction of sp³-hybridized carbons (Fsp3) is 0.304. The quantitative estimate of drug-likeness (QED) is 0.462. The van der Waals surface area contributed by atoms with Crippen molar-refractivity contribution < 1.29 is 32.3 Å². The van der Waals surface area contributed by atoms with Crippen molar-refractivity contribution in [2.24, 2.45) is 11.3 Å². The second-order valence-corrected chi connectivity index (χ2v) is 8.67. The third-order valence-corrected chi connectivity index (χ3v) is 6.28. The number of hydrogen-bond donors (Lipinski definition) is 1. The van der Waals surface area contributed by atoms with E-state index in [4.69, 9.17) is 22.6 Å². The fourth-order valence-corrected chi connectivity index (χ4v) is 4.53. The number of anilines is 1. The molecule has 33 heavy (non-hydrogen) atoms. The van der Waals surface area contributed by atoms with E-state index in [0.29, 0.717) is 12.0 Å². The van der Waals surface area contributed by atoms with Gasteiger partial charge in [-0.3, -0.25) is 9.69 Å². The molecule has 1 aliphatic rings. The van der Waals surface area contributed by atoms with Gasteiger partial charge in [0.1, 0.15) is 5.82 Å². The van der Waals surface area contributed by atoms with Gasteiger partial charge in [-0.15, -0.1) is 0 Å². The summed E-state index contributed by atoms with van der Waals surface area (Å²) in [5.74, 6) is -3.29. The number of halogens is 4. The highest BCUT2D eigenvalue weighted by molar-refractivity contribution is 7.80. The van der Waals surface area contributed by atoms with E-state index in [0.717, 1.165) is 29.2 Å². The van der Waals surface area contributed by atoms with Crippen LogP contribution in [0, 0.1) is 28.5 Å². The van der Waals surface area contributed by atoms with Crippen LogP contribution in [0.1, 0.15) is 47.3 Å². The van der Waals surface area contributed by atoms with Crippen molar-refractivity contribution in [1.82, 2.24) is 0 Å². The molecule has 1 aliphatic heterocycles. The van der Waals surface area contributed by atoms with Crippen molar-refractivity contribution in [3.63, 3.8) is 0 Å². The smallest absolute Gasteiger partial charge is 0.417 e. The Morgan fingerprint density at radius 3 is 2.45 bits per heavy atom. The molecule has 0 saturated carbocycles. The molecule has 1 amide bonds. The first-order valence-corrected chi connectivity index (χ1v) is 10.2. The van der Waals surface area contributed by atoms with Crippen molar-refractivity contribution >= 4 is 34.8 Å². The van der Waals surface area contributed by atoms with Gasteiger partial charge >= 0.3 is 12.1 Å². The standard InChI is InChI=1S/C23H18F4N2O3S/c1-22(2)16(8-4-12-3-7-15(20(30)31)18(24)9-12)19(33)29(21(22)32)14-6-5-13(11-28)17(10-14)23(25,26)27/h3,5-7,9-10,16H,4,8H2,1-2H3,(H,30,31). The first kappa shape index (κ1) is 24.3. The largest absolute Gasteiger partial charge is 0.478 e. The Kier molecular flexibility index (Phi) is 6.31. The summed E-state index contributed by atoms with van der Waals surface area (Å²) < 4.78 is 54.2. The highest BCUT2D eigenvalue weighted by atomic mass is 32.1. The van der Waals surface area contributed by atoms with Crippen molar-refractivity contribution in [2.45, 2.75) is 32.9 Å². The van der Waals surface area contributed by atoms with Gasteiger partial charge in [0.25, 0.3) is 0 Å². The molecule has 0 bridgehead atoms. The third-order valence-electron chi connectivity index (χ3n) is 5.82. The van der Waals surface area contributed by atoms with Crippen LogP contribution in [0.15, 0.2) is 36.4 Å². The van der Waals surface area contributed by atoms with Crippen LogP contribution in [0.5, 0.6) is 0 Å². The van der Waals surface area contributed by atoms with Gasteiger partial charge in [-0.2, -0.15) is 18.4 Å². The lowest BCUT2D eigenvalue weighted by Crippen LogP contribution is -2.32. The molecule has 1 atom stereocenters. The lowest BCUT2D eigenvalue weighted by molar-refractivity contribution is -0.137. The molecule has 0 aromatic heterocycles. The Labute approximate surface area is 192 Å². The maximum Gasteiger partial charge on any atom is 0.417 e. The molecular formula is C23H18F4N2O3S. The highest BCUT2D eigenvalue weighted by Gasteiger charge is 2.51. The molecule has 1 saturated heterocycles. The molecule has 0 radical (unpaired) electrons. The van der Waals surface area contributed by atoms with E-state index in [1.807, 2.05) is 0 Å². The Balaban J connectivity index is 1.90. The van der Waals surface area contributed by atoms with Gasteiger partial charge in [0, 0.05) is 5.92 Å². The number of amides is 1. The predicted molar refractivity (Wildman–Crippen MR) is 115 cm³/mol. The van der Waals surface area contributed by atoms with E-state index in [1.54, 1.807) is 13.8 Å². The maximum absolute atomic E-state index is 14.0. The van der Waals surface area contributed by atoms with E-state index in [1.165, 1.54) is 18.2 Å². The van der Waals surface area contributed by atoms with E-state index in [2.05, 4.69) is 0 Å². The van der Waals surface area contributed by atoms with Crippen LogP contribution in [-0.4, -0.2) is 22.0 Å². The Bertz CT molecular complexity index is 1200. The van der Waals surface area contributed by atoms with E-state index in [-0.39, 0.29) is 17.1 Å². The van der Waals surface area contributed by atoms with Gasteiger partial charge in [-0.05, 0) is 48.7 Å². The molecule has 0 aliphatic carbocycles. The number of benzene rings is 2. The SMILES string of the molecule is CC1(C)C(=O)N(c2ccc(C#N)c(C(F)(F)F)c2)C(=S)C1CCc1ccc(C(=O)O)c(F)c1. The van der Waals surface area contributed by atoms with Crippen molar-refractivity contribution in [3.8, 4) is 6.07 Å². The minimum atomic E-state index is -4.79. The lowest BCUT2D eigenvalue weighted by atomic mass is 9.78. The minimum absolute atomic E-state index is 0.0799. The molecule has 10 heteroatoms. The summed E-state index contributed by atoms with van der Waals surface area (Å²) in [5, 5.41) is 17.9. The molecule has 5 nitrogen and oxygen atoms in total. The van der Waals surface area contributed by atoms with Crippen molar-refractivity contribution in [1.29, 1.82) is 5.26 Å². The van der Waals surface area contributed by atoms with Crippen LogP contribution in [-0.2, 0) is 17.4 Å². The monoisotopic (exact) mass is 478 g/mol. The summed E-state index contributed by atoms with van der Waals surface area (Å²) in [4.78, 5) is 25.3. The van der Waals surface area contributed by atoms with Crippen LogP contribution in [0.4, 0.5) is 23.2 Å². The first-order valence-electron chi connectivity index (χ1n) is 9.80. The zero-order valence-electron chi connectivity index (χ0n) is 17.5. The van der Waals surface area contributed by atoms with Crippen LogP contribution in [0.2, 0.25) is 0 Å². The molecule has 2 aromatic carbocycles. The Morgan fingerprint density at radius 1 is 1.24 bits per heavy atom. The van der Waals surface area contributed by atoms with Crippen LogP contribution in [0.25, 0.3) is 0 Å². The molecule has 172 valence electrons. The first-order chi connectivity index (χ1) is 15.3. The summed E-state index contributed by atoms with van der Waals surface area (Å²) in [5.41, 5.74) is -2.80. The van der Waals surface area contributed by atoms with Gasteiger partial charge < -0.3 is 5.11 Å². The number of aromatic carboxylic acids is 1. The van der Waals surface area contributed by atoms with Crippen molar-refractivity contribution in [2.75, 3.05) is 4.90 Å². The molecule has 1 heterocycles. The summed E-state index contributed by atoms with van der Waals surface area (Å²) in [6.45, 7) is 3.27. The predicted octanol–water partition coefficient (Wildman–Crippen LogP) is 5.36. The molecule has 2 aromatic rings. The molecule has 0 spiro atoms. The van der Waals surface area contributed by atoms with Crippen LogP contribution in [0.3, 0.4) is 0 Å². The summed E-state index contributed by atoms with van der Waals surface area (Å²) in [7, 11) is 0. The van der Waals surface area contributed by atoms with E-state index >= 15 is 0 Å². The number of carboxylic acid groups (broad SMARTS) is 1. The summed E-state index contributed by atoms with van der Waals surface area (Å²) >= 11 is 5.47. The van der Waals surface area contributed by atoms with Gasteiger partial charge in [0.15, 0.2) is 0 Å². The highest BCUT2D eigenvalue weighted by Crippen LogP contribution is 2.44. The van der Waals surface area contributed by atoms with Gasteiger partial charge in [0.05, 0.1) is 38.9 Å². The number of carboxylic acids is 1. The zero-order valence-corrected chi connectivity index (χ0v) is 18.4. The maximum atomic E-state index is 14.0. The van der Waals surface area contributed by atoms with Crippen LogP contribution >= 0.6 is 12.2 Å². The molecule has 1 unspecified atom stereocenters. The van der Waals surface area contributed by atoms with Crippen LogP contribution < -0.4 is 4.90 Å². The van der Waals surface area contributed by atoms with E-state index in [9.17, 15) is 27.2 Å². The van der Waals surface area contributed by atoms with Gasteiger partial charge in [-0.25, -0.2) is 9.18 Å². The number of rotatable bonds is 5. The molecule has 1 N–H and O–H groups in total. The summed E-state index contributed by atoms with van der Waals surface area (Å²) in [6, 6.07) is 8.20. The number of nitrogens with zero attached hydrogens (tertiary/aromatic N) is 2. The van der Waals surface area contributed by atoms with Gasteiger partial charge in [0.2, 0.25) is 5.91 Å². The number of hydrogen-bond acceptors (Lipinski definition) is 4. The Morgan fingerprint density at radius 2 is 1.91 bits per heavy atom. The van der Waals surface area contributed by atoms with E-state index < -0.39 is 51.9 Å². The number of aryl methyl sites for hydroxylation is 1.